The molecule has 0 unspecified atom stereocenters. The minimum atomic E-state index is 0.878. The van der Waals surface area contributed by atoms with Crippen LogP contribution in [0.25, 0.3) is 74.8 Å². The van der Waals surface area contributed by atoms with E-state index >= 15 is 0 Å². The number of hydrogen-bond donors (Lipinski definition) is 0. The van der Waals surface area contributed by atoms with Crippen molar-refractivity contribution in [3.63, 3.8) is 0 Å². The minimum absolute atomic E-state index is 0.878. The first-order valence-electron chi connectivity index (χ1n) is 16.3. The topological polar surface area (TPSA) is 16.4 Å². The Morgan fingerprint density at radius 2 is 1.15 bits per heavy atom. The molecule has 2 aromatic heterocycles. The van der Waals surface area contributed by atoms with Gasteiger partial charge in [-0.3, -0.25) is 0 Å². The number of rotatable bonds is 4. The summed E-state index contributed by atoms with van der Waals surface area (Å²) in [6.07, 6.45) is 0. The standard InChI is InChI=1S/C45H29NOS/c1-28-21-23-32(24-22-28)46(39-20-10-19-37-36-18-9-17-33(44(36)47-45(37)39)29-11-3-2-4-12-29)40-27-42-43(35-16-8-7-15-34(35)40)38-25-30-13-5-6-14-31(30)26-41(38)48-42/h2-27H,1H3. The Morgan fingerprint density at radius 1 is 0.479 bits per heavy atom. The average Bonchev–Trinajstić information content (AvgIpc) is 3.70. The zero-order valence-corrected chi connectivity index (χ0v) is 27.1. The fourth-order valence-electron chi connectivity index (χ4n) is 7.42. The van der Waals surface area contributed by atoms with Crippen LogP contribution in [0.15, 0.2) is 162 Å². The van der Waals surface area contributed by atoms with Crippen molar-refractivity contribution in [2.24, 2.45) is 0 Å². The molecule has 48 heavy (non-hydrogen) atoms. The van der Waals surface area contributed by atoms with Crippen molar-refractivity contribution in [1.82, 2.24) is 0 Å². The largest absolute Gasteiger partial charge is 0.453 e. The predicted octanol–water partition coefficient (Wildman–Crippen LogP) is 13.7. The highest BCUT2D eigenvalue weighted by molar-refractivity contribution is 7.26. The van der Waals surface area contributed by atoms with Crippen LogP contribution < -0.4 is 4.90 Å². The SMILES string of the molecule is Cc1ccc(N(c2cc3sc4cc5ccccc5cc4c3c3ccccc23)c2cccc3c2oc2c(-c4ccccc4)cccc23)cc1. The Hall–Kier alpha value is -5.90. The van der Waals surface area contributed by atoms with Gasteiger partial charge in [-0.2, -0.15) is 0 Å². The molecule has 10 rings (SSSR count). The second-order valence-corrected chi connectivity index (χ2v) is 13.7. The first-order valence-corrected chi connectivity index (χ1v) is 17.2. The number of thiophene rings is 1. The lowest BCUT2D eigenvalue weighted by Gasteiger charge is -2.27. The quantitative estimate of drug-likeness (QED) is 0.192. The zero-order chi connectivity index (χ0) is 31.8. The van der Waals surface area contributed by atoms with Crippen molar-refractivity contribution < 1.29 is 4.42 Å². The molecule has 0 aliphatic rings. The first kappa shape index (κ1) is 27.2. The molecule has 0 fully saturated rings. The Balaban J connectivity index is 1.29. The lowest BCUT2D eigenvalue weighted by atomic mass is 9.99. The lowest BCUT2D eigenvalue weighted by Crippen LogP contribution is -2.11. The highest BCUT2D eigenvalue weighted by Crippen LogP contribution is 2.49. The maximum Gasteiger partial charge on any atom is 0.159 e. The minimum Gasteiger partial charge on any atom is -0.453 e. The number of hydrogen-bond acceptors (Lipinski definition) is 3. The highest BCUT2D eigenvalue weighted by Gasteiger charge is 2.24. The number of furan rings is 1. The number of nitrogens with zero attached hydrogens (tertiary/aromatic N) is 1. The molecule has 0 N–H and O–H groups in total. The van der Waals surface area contributed by atoms with Gasteiger partial charge in [0.15, 0.2) is 5.58 Å². The Labute approximate surface area is 281 Å². The lowest BCUT2D eigenvalue weighted by molar-refractivity contribution is 0.670. The molecule has 0 aliphatic carbocycles. The van der Waals surface area contributed by atoms with Crippen molar-refractivity contribution in [2.45, 2.75) is 6.92 Å². The van der Waals surface area contributed by atoms with Crippen molar-refractivity contribution in [1.29, 1.82) is 0 Å². The summed E-state index contributed by atoms with van der Waals surface area (Å²) in [4.78, 5) is 2.40. The van der Waals surface area contributed by atoms with E-state index in [1.54, 1.807) is 0 Å². The fourth-order valence-corrected chi connectivity index (χ4v) is 8.61. The van der Waals surface area contributed by atoms with Crippen LogP contribution in [-0.2, 0) is 0 Å². The van der Waals surface area contributed by atoms with E-state index in [1.165, 1.54) is 47.3 Å². The van der Waals surface area contributed by atoms with Gasteiger partial charge in [0.05, 0.1) is 11.4 Å². The van der Waals surface area contributed by atoms with E-state index in [4.69, 9.17) is 4.42 Å². The molecule has 2 heterocycles. The maximum atomic E-state index is 6.97. The molecule has 0 bridgehead atoms. The monoisotopic (exact) mass is 631 g/mol. The van der Waals surface area contributed by atoms with Gasteiger partial charge in [-0.05, 0) is 65.0 Å². The summed E-state index contributed by atoms with van der Waals surface area (Å²) in [6, 6.07) is 57.0. The normalized spacial score (nSPS) is 11.9. The molecule has 226 valence electrons. The Kier molecular flexibility index (Phi) is 5.99. The van der Waals surface area contributed by atoms with Gasteiger partial charge in [0.1, 0.15) is 5.58 Å². The number of fused-ring (bicyclic) bond motifs is 9. The van der Waals surface area contributed by atoms with Crippen molar-refractivity contribution in [3.05, 3.63) is 163 Å². The summed E-state index contributed by atoms with van der Waals surface area (Å²) in [5, 5.41) is 9.86. The van der Waals surface area contributed by atoms with E-state index in [2.05, 4.69) is 170 Å². The molecular formula is C45H29NOS. The number of para-hydroxylation sites is 2. The predicted molar refractivity (Wildman–Crippen MR) is 206 cm³/mol. The van der Waals surface area contributed by atoms with Crippen LogP contribution in [0.2, 0.25) is 0 Å². The van der Waals surface area contributed by atoms with Crippen LogP contribution in [-0.4, -0.2) is 0 Å². The van der Waals surface area contributed by atoms with Gasteiger partial charge in [-0.1, -0.05) is 127 Å². The molecule has 0 radical (unpaired) electrons. The van der Waals surface area contributed by atoms with Crippen LogP contribution in [0.4, 0.5) is 17.1 Å². The molecule has 0 atom stereocenters. The summed E-state index contributed by atoms with van der Waals surface area (Å²) < 4.78 is 9.55. The second kappa shape index (κ2) is 10.6. The van der Waals surface area contributed by atoms with Gasteiger partial charge in [-0.15, -0.1) is 11.3 Å². The fraction of sp³-hybridized carbons (Fsp3) is 0.0222. The van der Waals surface area contributed by atoms with E-state index in [0.29, 0.717) is 0 Å². The molecule has 0 aliphatic heterocycles. The summed E-state index contributed by atoms with van der Waals surface area (Å²) in [7, 11) is 0. The molecule has 10 aromatic rings. The van der Waals surface area contributed by atoms with Gasteiger partial charge < -0.3 is 9.32 Å². The van der Waals surface area contributed by atoms with Crippen LogP contribution in [0.1, 0.15) is 5.56 Å². The van der Waals surface area contributed by atoms with Crippen LogP contribution in [0, 0.1) is 6.92 Å². The molecular weight excluding hydrogens is 603 g/mol. The summed E-state index contributed by atoms with van der Waals surface area (Å²) in [5.74, 6) is 0. The summed E-state index contributed by atoms with van der Waals surface area (Å²) >= 11 is 1.87. The summed E-state index contributed by atoms with van der Waals surface area (Å²) in [5.41, 5.74) is 8.50. The number of anilines is 3. The van der Waals surface area contributed by atoms with Crippen molar-refractivity contribution in [3.8, 4) is 11.1 Å². The Morgan fingerprint density at radius 3 is 1.96 bits per heavy atom. The third kappa shape index (κ3) is 4.11. The molecule has 2 nitrogen and oxygen atoms in total. The zero-order valence-electron chi connectivity index (χ0n) is 26.3. The third-order valence-electron chi connectivity index (χ3n) is 9.69. The first-order chi connectivity index (χ1) is 23.7. The van der Waals surface area contributed by atoms with E-state index in [0.717, 1.165) is 50.1 Å². The number of aryl methyl sites for hydroxylation is 1. The smallest absolute Gasteiger partial charge is 0.159 e. The average molecular weight is 632 g/mol. The highest BCUT2D eigenvalue weighted by atomic mass is 32.1. The Bertz CT molecular complexity index is 2840. The van der Waals surface area contributed by atoms with Crippen LogP contribution in [0.3, 0.4) is 0 Å². The van der Waals surface area contributed by atoms with Gasteiger partial charge in [-0.25, -0.2) is 0 Å². The van der Waals surface area contributed by atoms with E-state index in [1.807, 2.05) is 11.3 Å². The van der Waals surface area contributed by atoms with Gasteiger partial charge in [0, 0.05) is 47.6 Å². The molecule has 3 heteroatoms. The van der Waals surface area contributed by atoms with Gasteiger partial charge in [0.25, 0.3) is 0 Å². The van der Waals surface area contributed by atoms with Gasteiger partial charge in [0.2, 0.25) is 0 Å². The van der Waals surface area contributed by atoms with Crippen LogP contribution in [0.5, 0.6) is 0 Å². The molecule has 0 saturated carbocycles. The molecule has 0 saturated heterocycles. The van der Waals surface area contributed by atoms with Crippen molar-refractivity contribution in [2.75, 3.05) is 4.90 Å². The maximum absolute atomic E-state index is 6.97. The molecule has 0 amide bonds. The van der Waals surface area contributed by atoms with E-state index in [-0.39, 0.29) is 0 Å². The van der Waals surface area contributed by atoms with Crippen molar-refractivity contribution >= 4 is 92.1 Å². The molecule has 0 spiro atoms. The molecule has 8 aromatic carbocycles. The third-order valence-corrected chi connectivity index (χ3v) is 10.8. The van der Waals surface area contributed by atoms with Gasteiger partial charge >= 0.3 is 0 Å². The second-order valence-electron chi connectivity index (χ2n) is 12.6. The van der Waals surface area contributed by atoms with E-state index in [9.17, 15) is 0 Å². The summed E-state index contributed by atoms with van der Waals surface area (Å²) in [6.45, 7) is 2.14. The van der Waals surface area contributed by atoms with Crippen LogP contribution >= 0.6 is 11.3 Å². The number of benzene rings is 8. The van der Waals surface area contributed by atoms with E-state index < -0.39 is 0 Å².